The first-order chi connectivity index (χ1) is 7.61. The standard InChI is InChI=1S/C13H17F2N/c1-8-3-4-10-11(13(5-8)16-2)6-9(14)7-12(10)15/h6-8,13,16H,3-5H2,1-2H3. The lowest BCUT2D eigenvalue weighted by atomic mass is 9.97. The van der Waals surface area contributed by atoms with Crippen molar-refractivity contribution in [3.8, 4) is 0 Å². The Hall–Kier alpha value is -0.960. The van der Waals surface area contributed by atoms with Crippen LogP contribution < -0.4 is 5.32 Å². The molecule has 0 saturated heterocycles. The van der Waals surface area contributed by atoms with Crippen molar-refractivity contribution in [1.82, 2.24) is 5.32 Å². The van der Waals surface area contributed by atoms with E-state index < -0.39 is 11.6 Å². The topological polar surface area (TPSA) is 12.0 Å². The van der Waals surface area contributed by atoms with Gasteiger partial charge in [0.25, 0.3) is 0 Å². The van der Waals surface area contributed by atoms with Gasteiger partial charge in [0.05, 0.1) is 0 Å². The van der Waals surface area contributed by atoms with Gasteiger partial charge in [0.1, 0.15) is 11.6 Å². The Morgan fingerprint density at radius 3 is 2.75 bits per heavy atom. The maximum absolute atomic E-state index is 13.7. The molecular formula is C13H17F2N. The van der Waals surface area contributed by atoms with Crippen LogP contribution in [0.3, 0.4) is 0 Å². The van der Waals surface area contributed by atoms with Crippen LogP contribution in [0.1, 0.15) is 36.9 Å². The van der Waals surface area contributed by atoms with Crippen LogP contribution in [0.4, 0.5) is 8.78 Å². The quantitative estimate of drug-likeness (QED) is 0.724. The van der Waals surface area contributed by atoms with E-state index in [1.807, 2.05) is 7.05 Å². The largest absolute Gasteiger partial charge is 0.313 e. The van der Waals surface area contributed by atoms with Gasteiger partial charge in [-0.1, -0.05) is 6.92 Å². The zero-order chi connectivity index (χ0) is 11.7. The van der Waals surface area contributed by atoms with Crippen LogP contribution in [0.15, 0.2) is 12.1 Å². The molecule has 88 valence electrons. The van der Waals surface area contributed by atoms with Crippen LogP contribution in [-0.4, -0.2) is 7.05 Å². The molecule has 0 bridgehead atoms. The summed E-state index contributed by atoms with van der Waals surface area (Å²) in [5, 5.41) is 3.15. The second-order valence-electron chi connectivity index (χ2n) is 4.68. The van der Waals surface area contributed by atoms with Crippen LogP contribution in [0.25, 0.3) is 0 Å². The third kappa shape index (κ3) is 2.09. The van der Waals surface area contributed by atoms with E-state index >= 15 is 0 Å². The van der Waals surface area contributed by atoms with E-state index in [0.717, 1.165) is 24.5 Å². The van der Waals surface area contributed by atoms with Crippen molar-refractivity contribution in [2.45, 2.75) is 32.2 Å². The zero-order valence-electron chi connectivity index (χ0n) is 9.69. The molecule has 1 N–H and O–H groups in total. The number of halogens is 2. The van der Waals surface area contributed by atoms with Crippen molar-refractivity contribution < 1.29 is 8.78 Å². The van der Waals surface area contributed by atoms with E-state index in [0.29, 0.717) is 17.9 Å². The van der Waals surface area contributed by atoms with Crippen LogP contribution in [0.2, 0.25) is 0 Å². The van der Waals surface area contributed by atoms with E-state index in [1.165, 1.54) is 6.07 Å². The maximum atomic E-state index is 13.7. The Kier molecular flexibility index (Phi) is 3.24. The SMILES string of the molecule is CNC1CC(C)CCc2c(F)cc(F)cc21. The molecule has 3 heteroatoms. The minimum Gasteiger partial charge on any atom is -0.313 e. The summed E-state index contributed by atoms with van der Waals surface area (Å²) >= 11 is 0. The Labute approximate surface area is 94.9 Å². The Bertz CT molecular complexity index is 390. The lowest BCUT2D eigenvalue weighted by molar-refractivity contribution is 0.427. The highest BCUT2D eigenvalue weighted by Gasteiger charge is 2.24. The summed E-state index contributed by atoms with van der Waals surface area (Å²) in [4.78, 5) is 0. The molecule has 1 nitrogen and oxygen atoms in total. The molecule has 0 radical (unpaired) electrons. The fourth-order valence-electron chi connectivity index (χ4n) is 2.51. The lowest BCUT2D eigenvalue weighted by Gasteiger charge is -2.19. The van der Waals surface area contributed by atoms with Crippen LogP contribution in [0, 0.1) is 17.6 Å². The van der Waals surface area contributed by atoms with Crippen molar-refractivity contribution in [3.63, 3.8) is 0 Å². The van der Waals surface area contributed by atoms with Gasteiger partial charge >= 0.3 is 0 Å². The lowest BCUT2D eigenvalue weighted by Crippen LogP contribution is -2.18. The van der Waals surface area contributed by atoms with Crippen molar-refractivity contribution in [2.75, 3.05) is 7.05 Å². The van der Waals surface area contributed by atoms with Crippen molar-refractivity contribution in [2.24, 2.45) is 5.92 Å². The molecule has 2 unspecified atom stereocenters. The molecule has 16 heavy (non-hydrogen) atoms. The fourth-order valence-corrected chi connectivity index (χ4v) is 2.51. The van der Waals surface area contributed by atoms with Crippen LogP contribution >= 0.6 is 0 Å². The predicted octanol–water partition coefficient (Wildman–Crippen LogP) is 3.20. The van der Waals surface area contributed by atoms with Gasteiger partial charge in [0, 0.05) is 12.1 Å². The molecule has 2 atom stereocenters. The number of fused-ring (bicyclic) bond motifs is 1. The summed E-state index contributed by atoms with van der Waals surface area (Å²) in [6.45, 7) is 2.16. The molecule has 1 aromatic carbocycles. The first-order valence-electron chi connectivity index (χ1n) is 5.77. The summed E-state index contributed by atoms with van der Waals surface area (Å²) in [6.07, 6.45) is 2.61. The van der Waals surface area contributed by atoms with Crippen LogP contribution in [0.5, 0.6) is 0 Å². The van der Waals surface area contributed by atoms with E-state index in [9.17, 15) is 8.78 Å². The molecule has 0 fully saturated rings. The second kappa shape index (κ2) is 4.50. The summed E-state index contributed by atoms with van der Waals surface area (Å²) in [5.74, 6) is -0.345. The van der Waals surface area contributed by atoms with Gasteiger partial charge in [-0.2, -0.15) is 0 Å². The third-order valence-corrected chi connectivity index (χ3v) is 3.44. The van der Waals surface area contributed by atoms with E-state index in [4.69, 9.17) is 0 Å². The molecule has 1 aliphatic rings. The van der Waals surface area contributed by atoms with Gasteiger partial charge in [-0.05, 0) is 49.4 Å². The Morgan fingerprint density at radius 1 is 1.31 bits per heavy atom. The monoisotopic (exact) mass is 225 g/mol. The molecule has 0 aromatic heterocycles. The summed E-state index contributed by atoms with van der Waals surface area (Å²) in [6, 6.07) is 2.52. The molecule has 0 spiro atoms. The van der Waals surface area contributed by atoms with E-state index in [-0.39, 0.29) is 6.04 Å². The van der Waals surface area contributed by atoms with Crippen molar-refractivity contribution in [1.29, 1.82) is 0 Å². The number of hydrogen-bond acceptors (Lipinski definition) is 1. The van der Waals surface area contributed by atoms with E-state index in [2.05, 4.69) is 12.2 Å². The van der Waals surface area contributed by atoms with Gasteiger partial charge < -0.3 is 5.32 Å². The minimum atomic E-state index is -0.481. The second-order valence-corrected chi connectivity index (χ2v) is 4.68. The molecule has 1 aromatic rings. The molecule has 0 heterocycles. The maximum Gasteiger partial charge on any atom is 0.129 e. The molecule has 0 amide bonds. The molecule has 2 rings (SSSR count). The number of rotatable bonds is 1. The molecule has 1 aliphatic carbocycles. The average molecular weight is 225 g/mol. The van der Waals surface area contributed by atoms with Gasteiger partial charge in [-0.3, -0.25) is 0 Å². The summed E-state index contributed by atoms with van der Waals surface area (Å²) < 4.78 is 26.9. The predicted molar refractivity (Wildman–Crippen MR) is 60.3 cm³/mol. The molecule has 0 saturated carbocycles. The normalized spacial score (nSPS) is 25.0. The molecule has 0 aliphatic heterocycles. The highest BCUT2D eigenvalue weighted by atomic mass is 19.1. The Morgan fingerprint density at radius 2 is 2.06 bits per heavy atom. The third-order valence-electron chi connectivity index (χ3n) is 3.44. The molecular weight excluding hydrogens is 208 g/mol. The number of benzene rings is 1. The van der Waals surface area contributed by atoms with Crippen molar-refractivity contribution in [3.05, 3.63) is 34.9 Å². The average Bonchev–Trinajstić information content (AvgIpc) is 2.38. The number of nitrogens with one attached hydrogen (secondary N) is 1. The Balaban J connectivity index is 2.48. The smallest absolute Gasteiger partial charge is 0.129 e. The first kappa shape index (κ1) is 11.5. The van der Waals surface area contributed by atoms with Gasteiger partial charge in [0.15, 0.2) is 0 Å². The summed E-state index contributed by atoms with van der Waals surface area (Å²) in [5.41, 5.74) is 1.48. The van der Waals surface area contributed by atoms with Crippen LogP contribution in [-0.2, 0) is 6.42 Å². The highest BCUT2D eigenvalue weighted by molar-refractivity contribution is 5.33. The van der Waals surface area contributed by atoms with Gasteiger partial charge in [0.2, 0.25) is 0 Å². The van der Waals surface area contributed by atoms with Gasteiger partial charge in [-0.25, -0.2) is 8.78 Å². The summed E-state index contributed by atoms with van der Waals surface area (Å²) in [7, 11) is 1.84. The van der Waals surface area contributed by atoms with Crippen molar-refractivity contribution >= 4 is 0 Å². The fraction of sp³-hybridized carbons (Fsp3) is 0.538. The minimum absolute atomic E-state index is 0.0673. The van der Waals surface area contributed by atoms with E-state index in [1.54, 1.807) is 0 Å². The number of hydrogen-bond donors (Lipinski definition) is 1. The zero-order valence-corrected chi connectivity index (χ0v) is 9.69. The van der Waals surface area contributed by atoms with Gasteiger partial charge in [-0.15, -0.1) is 0 Å². The first-order valence-corrected chi connectivity index (χ1v) is 5.77. The highest BCUT2D eigenvalue weighted by Crippen LogP contribution is 2.33.